The fraction of sp³-hybridized carbons (Fsp3) is 0.778. The second kappa shape index (κ2) is 6.46. The van der Waals surface area contributed by atoms with Crippen molar-refractivity contribution >= 4 is 11.9 Å². The molecule has 0 spiro atoms. The average Bonchev–Trinajstić information content (AvgIpc) is 1.96. The summed E-state index contributed by atoms with van der Waals surface area (Å²) in [6.45, 7) is 4.79. The molecule has 0 aliphatic carbocycles. The number of carbonyl (C=O) groups excluding carboxylic acids is 1. The van der Waals surface area contributed by atoms with Crippen LogP contribution in [0.2, 0.25) is 0 Å². The maximum atomic E-state index is 10.8. The van der Waals surface area contributed by atoms with Gasteiger partial charge >= 0.3 is 5.97 Å². The van der Waals surface area contributed by atoms with Crippen molar-refractivity contribution in [2.24, 2.45) is 5.92 Å². The number of carboxylic acid groups (broad SMARTS) is 1. The largest absolute Gasteiger partial charge is 0.481 e. The number of hydrogen-bond donors (Lipinski definition) is 2. The maximum absolute atomic E-state index is 10.8. The molecule has 0 radical (unpaired) electrons. The highest BCUT2D eigenvalue weighted by Crippen LogP contribution is 2.01. The molecule has 4 nitrogen and oxygen atoms in total. The highest BCUT2D eigenvalue weighted by molar-refractivity contribution is 5.93. The van der Waals surface area contributed by atoms with Crippen molar-refractivity contribution in [2.75, 3.05) is 6.54 Å². The van der Waals surface area contributed by atoms with E-state index in [1.807, 2.05) is 0 Å². The van der Waals surface area contributed by atoms with Crippen molar-refractivity contribution in [3.8, 4) is 0 Å². The van der Waals surface area contributed by atoms with Crippen LogP contribution in [0.1, 0.15) is 33.1 Å². The van der Waals surface area contributed by atoms with Gasteiger partial charge in [-0.05, 0) is 18.8 Å². The van der Waals surface area contributed by atoms with Gasteiger partial charge in [0.1, 0.15) is 6.42 Å². The molecule has 0 saturated heterocycles. The fourth-order valence-corrected chi connectivity index (χ4v) is 0.938. The number of nitrogens with one attached hydrogen (secondary N) is 1. The topological polar surface area (TPSA) is 66.4 Å². The summed E-state index contributed by atoms with van der Waals surface area (Å²) in [5.41, 5.74) is 0. The summed E-state index contributed by atoms with van der Waals surface area (Å²) in [6.07, 6.45) is 1.53. The van der Waals surface area contributed by atoms with Gasteiger partial charge in [0.05, 0.1) is 0 Å². The second-order valence-corrected chi connectivity index (χ2v) is 3.46. The smallest absolute Gasteiger partial charge is 0.312 e. The van der Waals surface area contributed by atoms with E-state index in [1.165, 1.54) is 0 Å². The lowest BCUT2D eigenvalue weighted by Gasteiger charge is -2.05. The maximum Gasteiger partial charge on any atom is 0.312 e. The van der Waals surface area contributed by atoms with Gasteiger partial charge in [0.25, 0.3) is 0 Å². The molecule has 0 aromatic heterocycles. The van der Waals surface area contributed by atoms with Crippen molar-refractivity contribution in [1.82, 2.24) is 5.32 Å². The predicted molar refractivity (Wildman–Crippen MR) is 49.3 cm³/mol. The van der Waals surface area contributed by atoms with Crippen LogP contribution in [-0.4, -0.2) is 23.5 Å². The lowest BCUT2D eigenvalue weighted by atomic mass is 10.1. The highest BCUT2D eigenvalue weighted by atomic mass is 16.4. The normalized spacial score (nSPS) is 10.1. The van der Waals surface area contributed by atoms with Gasteiger partial charge in [-0.3, -0.25) is 9.59 Å². The number of hydrogen-bond acceptors (Lipinski definition) is 2. The molecule has 2 N–H and O–H groups in total. The summed E-state index contributed by atoms with van der Waals surface area (Å²) >= 11 is 0. The van der Waals surface area contributed by atoms with Crippen LogP contribution in [0.25, 0.3) is 0 Å². The Morgan fingerprint density at radius 2 is 2.00 bits per heavy atom. The van der Waals surface area contributed by atoms with E-state index in [2.05, 4.69) is 19.2 Å². The SMILES string of the molecule is CC(C)CCCNC(=O)CC(=O)O. The molecule has 13 heavy (non-hydrogen) atoms. The van der Waals surface area contributed by atoms with Gasteiger partial charge in [-0.2, -0.15) is 0 Å². The summed E-state index contributed by atoms with van der Waals surface area (Å²) in [5, 5.41) is 10.8. The number of aliphatic carboxylic acids is 1. The quantitative estimate of drug-likeness (QED) is 0.482. The number of carbonyl (C=O) groups is 2. The van der Waals surface area contributed by atoms with E-state index in [0.717, 1.165) is 12.8 Å². The van der Waals surface area contributed by atoms with Crippen molar-refractivity contribution < 1.29 is 14.7 Å². The zero-order valence-corrected chi connectivity index (χ0v) is 8.17. The molecule has 0 aromatic carbocycles. The first kappa shape index (κ1) is 11.9. The number of rotatable bonds is 6. The van der Waals surface area contributed by atoms with Gasteiger partial charge in [0, 0.05) is 6.54 Å². The van der Waals surface area contributed by atoms with Crippen molar-refractivity contribution in [3.05, 3.63) is 0 Å². The molecule has 1 amide bonds. The number of amides is 1. The van der Waals surface area contributed by atoms with Crippen molar-refractivity contribution in [2.45, 2.75) is 33.1 Å². The van der Waals surface area contributed by atoms with E-state index in [4.69, 9.17) is 5.11 Å². The molecule has 0 fully saturated rings. The molecule has 0 aliphatic rings. The standard InChI is InChI=1S/C9H17NO3/c1-7(2)4-3-5-10-8(11)6-9(12)13/h7H,3-6H2,1-2H3,(H,10,11)(H,12,13). The summed E-state index contributed by atoms with van der Waals surface area (Å²) in [7, 11) is 0. The lowest BCUT2D eigenvalue weighted by Crippen LogP contribution is -2.26. The average molecular weight is 187 g/mol. The van der Waals surface area contributed by atoms with E-state index >= 15 is 0 Å². The Balaban J connectivity index is 3.32. The van der Waals surface area contributed by atoms with E-state index in [1.54, 1.807) is 0 Å². The first-order valence-electron chi connectivity index (χ1n) is 4.51. The Morgan fingerprint density at radius 1 is 1.38 bits per heavy atom. The molecule has 0 heterocycles. The summed E-state index contributed by atoms with van der Waals surface area (Å²) in [4.78, 5) is 20.9. The monoisotopic (exact) mass is 187 g/mol. The summed E-state index contributed by atoms with van der Waals surface area (Å²) in [6, 6.07) is 0. The van der Waals surface area contributed by atoms with Crippen LogP contribution in [0.15, 0.2) is 0 Å². The van der Waals surface area contributed by atoms with Gasteiger partial charge in [0.2, 0.25) is 5.91 Å². The minimum absolute atomic E-state index is 0.406. The van der Waals surface area contributed by atoms with E-state index in [-0.39, 0.29) is 0 Å². The van der Waals surface area contributed by atoms with Crippen LogP contribution in [0.4, 0.5) is 0 Å². The van der Waals surface area contributed by atoms with Crippen LogP contribution >= 0.6 is 0 Å². The zero-order valence-electron chi connectivity index (χ0n) is 8.17. The Bertz CT molecular complexity index is 178. The third-order valence-electron chi connectivity index (χ3n) is 1.59. The molecule has 76 valence electrons. The van der Waals surface area contributed by atoms with E-state index in [9.17, 15) is 9.59 Å². The van der Waals surface area contributed by atoms with Gasteiger partial charge in [-0.1, -0.05) is 13.8 Å². The molecule has 0 saturated carbocycles. The Kier molecular flexibility index (Phi) is 5.93. The molecular weight excluding hydrogens is 170 g/mol. The Labute approximate surface area is 78.3 Å². The van der Waals surface area contributed by atoms with Crippen LogP contribution in [0.3, 0.4) is 0 Å². The minimum Gasteiger partial charge on any atom is -0.481 e. The molecule has 0 unspecified atom stereocenters. The Morgan fingerprint density at radius 3 is 2.46 bits per heavy atom. The molecule has 0 aromatic rings. The third-order valence-corrected chi connectivity index (χ3v) is 1.59. The molecule has 0 atom stereocenters. The van der Waals surface area contributed by atoms with Gasteiger partial charge in [-0.15, -0.1) is 0 Å². The zero-order chi connectivity index (χ0) is 10.3. The van der Waals surface area contributed by atoms with E-state index < -0.39 is 18.3 Å². The van der Waals surface area contributed by atoms with Gasteiger partial charge in [-0.25, -0.2) is 0 Å². The lowest BCUT2D eigenvalue weighted by molar-refractivity contribution is -0.140. The number of carboxylic acids is 1. The van der Waals surface area contributed by atoms with Crippen LogP contribution in [0, 0.1) is 5.92 Å². The minimum atomic E-state index is -1.08. The third kappa shape index (κ3) is 8.85. The first-order valence-corrected chi connectivity index (χ1v) is 4.51. The Hall–Kier alpha value is -1.06. The molecular formula is C9H17NO3. The van der Waals surface area contributed by atoms with Crippen molar-refractivity contribution in [1.29, 1.82) is 0 Å². The molecule has 0 bridgehead atoms. The van der Waals surface area contributed by atoms with Crippen LogP contribution < -0.4 is 5.32 Å². The fourth-order valence-electron chi connectivity index (χ4n) is 0.938. The first-order chi connectivity index (χ1) is 6.02. The molecule has 4 heteroatoms. The molecule has 0 rings (SSSR count). The van der Waals surface area contributed by atoms with Gasteiger partial charge < -0.3 is 10.4 Å². The summed E-state index contributed by atoms with van der Waals surface area (Å²) in [5.74, 6) is -0.867. The van der Waals surface area contributed by atoms with E-state index in [0.29, 0.717) is 12.5 Å². The predicted octanol–water partition coefficient (Wildman–Crippen LogP) is 1.01. The van der Waals surface area contributed by atoms with Crippen molar-refractivity contribution in [3.63, 3.8) is 0 Å². The van der Waals surface area contributed by atoms with Crippen LogP contribution in [-0.2, 0) is 9.59 Å². The molecule has 0 aliphatic heterocycles. The second-order valence-electron chi connectivity index (χ2n) is 3.46. The highest BCUT2D eigenvalue weighted by Gasteiger charge is 2.05. The van der Waals surface area contributed by atoms with Crippen LogP contribution in [0.5, 0.6) is 0 Å². The summed E-state index contributed by atoms with van der Waals surface area (Å²) < 4.78 is 0. The van der Waals surface area contributed by atoms with Gasteiger partial charge in [0.15, 0.2) is 0 Å².